The lowest BCUT2D eigenvalue weighted by Gasteiger charge is -2.14. The highest BCUT2D eigenvalue weighted by atomic mass is 79.9. The maximum absolute atomic E-state index is 13.2. The minimum atomic E-state index is -0.0212. The monoisotopic (exact) mass is 428 g/mol. The fourth-order valence-electron chi connectivity index (χ4n) is 3.77. The number of furan rings is 1. The molecule has 3 aromatic carbocycles. The van der Waals surface area contributed by atoms with E-state index in [9.17, 15) is 4.79 Å². The molecule has 136 valence electrons. The van der Waals surface area contributed by atoms with Gasteiger partial charge in [-0.1, -0.05) is 88.8 Å². The summed E-state index contributed by atoms with van der Waals surface area (Å²) in [5, 5.41) is 2.00. The Morgan fingerprint density at radius 2 is 1.71 bits per heavy atom. The van der Waals surface area contributed by atoms with Crippen molar-refractivity contribution >= 4 is 49.2 Å². The van der Waals surface area contributed by atoms with Crippen molar-refractivity contribution in [3.8, 4) is 0 Å². The maximum Gasteiger partial charge on any atom is 0.196 e. The van der Waals surface area contributed by atoms with E-state index in [0.29, 0.717) is 21.5 Å². The number of alkyl halides is 1. The van der Waals surface area contributed by atoms with Gasteiger partial charge in [-0.05, 0) is 29.7 Å². The van der Waals surface area contributed by atoms with Crippen LogP contribution in [0.2, 0.25) is 0 Å². The minimum absolute atomic E-state index is 0.0212. The fraction of sp³-hybridized carbons (Fsp3) is 0.0800. The van der Waals surface area contributed by atoms with E-state index in [1.54, 1.807) is 0 Å². The molecule has 0 fully saturated rings. The van der Waals surface area contributed by atoms with Gasteiger partial charge in [0.2, 0.25) is 0 Å². The predicted molar refractivity (Wildman–Crippen MR) is 118 cm³/mol. The molecule has 4 aromatic rings. The van der Waals surface area contributed by atoms with Crippen molar-refractivity contribution in [1.82, 2.24) is 0 Å². The number of benzene rings is 3. The molecule has 1 aliphatic carbocycles. The quantitative estimate of drug-likeness (QED) is 0.261. The molecule has 1 unspecified atom stereocenters. The molecule has 0 aliphatic heterocycles. The number of allylic oxidation sites excluding steroid dienone is 4. The van der Waals surface area contributed by atoms with E-state index in [1.165, 1.54) is 5.57 Å². The number of hydrogen-bond donors (Lipinski definition) is 0. The first-order chi connectivity index (χ1) is 13.7. The van der Waals surface area contributed by atoms with Crippen LogP contribution in [0.1, 0.15) is 27.9 Å². The Labute approximate surface area is 171 Å². The summed E-state index contributed by atoms with van der Waals surface area (Å²) in [4.78, 5) is 13.5. The van der Waals surface area contributed by atoms with Crippen LogP contribution in [0.4, 0.5) is 0 Å². The van der Waals surface area contributed by atoms with E-state index in [1.807, 2.05) is 66.7 Å². The molecule has 0 spiro atoms. The van der Waals surface area contributed by atoms with Crippen LogP contribution in [0.5, 0.6) is 0 Å². The van der Waals surface area contributed by atoms with Gasteiger partial charge in [0.1, 0.15) is 11.2 Å². The van der Waals surface area contributed by atoms with Gasteiger partial charge in [0.15, 0.2) is 5.78 Å². The van der Waals surface area contributed by atoms with E-state index in [-0.39, 0.29) is 5.78 Å². The van der Waals surface area contributed by atoms with Gasteiger partial charge in [0.25, 0.3) is 0 Å². The van der Waals surface area contributed by atoms with Crippen molar-refractivity contribution in [2.45, 2.75) is 11.2 Å². The molecule has 0 saturated heterocycles. The van der Waals surface area contributed by atoms with Crippen LogP contribution in [0, 0.1) is 0 Å². The number of ketones is 1. The van der Waals surface area contributed by atoms with Crippen LogP contribution in [0.3, 0.4) is 0 Å². The predicted octanol–water partition coefficient (Wildman–Crippen LogP) is 6.92. The van der Waals surface area contributed by atoms with Crippen LogP contribution in [0.25, 0.3) is 27.5 Å². The second-order valence-electron chi connectivity index (χ2n) is 6.98. The highest BCUT2D eigenvalue weighted by Crippen LogP contribution is 2.32. The minimum Gasteiger partial charge on any atom is -0.455 e. The first-order valence-corrected chi connectivity index (χ1v) is 10.2. The third kappa shape index (κ3) is 2.92. The van der Waals surface area contributed by atoms with Crippen molar-refractivity contribution in [2.75, 3.05) is 0 Å². The van der Waals surface area contributed by atoms with Crippen molar-refractivity contribution in [2.24, 2.45) is 0 Å². The third-order valence-electron chi connectivity index (χ3n) is 5.20. The largest absolute Gasteiger partial charge is 0.455 e. The van der Waals surface area contributed by atoms with Crippen LogP contribution in [0.15, 0.2) is 89.4 Å². The van der Waals surface area contributed by atoms with Gasteiger partial charge >= 0.3 is 0 Å². The molecule has 2 nitrogen and oxygen atoms in total. The van der Waals surface area contributed by atoms with Gasteiger partial charge in [0.05, 0.1) is 5.56 Å². The number of fused-ring (bicyclic) bond motifs is 3. The molecule has 1 aliphatic rings. The molecule has 0 radical (unpaired) electrons. The summed E-state index contributed by atoms with van der Waals surface area (Å²) in [5.74, 6) is -0.0212. The zero-order valence-electron chi connectivity index (χ0n) is 15.1. The number of hydrogen-bond acceptors (Lipinski definition) is 2. The molecular formula is C25H17BrO2. The zero-order valence-corrected chi connectivity index (χ0v) is 16.6. The van der Waals surface area contributed by atoms with Crippen molar-refractivity contribution in [1.29, 1.82) is 0 Å². The highest BCUT2D eigenvalue weighted by Gasteiger charge is 2.18. The number of carbonyl (C=O) groups is 1. The number of para-hydroxylation sites is 2. The normalized spacial score (nSPS) is 16.5. The van der Waals surface area contributed by atoms with Gasteiger partial charge in [-0.3, -0.25) is 4.79 Å². The number of carbonyl (C=O) groups excluding carboxylic acids is 1. The van der Waals surface area contributed by atoms with Crippen LogP contribution < -0.4 is 0 Å². The molecule has 1 atom stereocenters. The molecule has 0 N–H and O–H groups in total. The standard InChI is InChI=1S/C25H17BrO2/c26-19-6-3-5-18(15-19)16-11-13-17(14-12-16)24(27)22-9-4-8-21-20-7-1-2-10-23(20)28-25(21)22/h1-14,19H,15H2. The summed E-state index contributed by atoms with van der Waals surface area (Å²) in [6.07, 6.45) is 7.28. The lowest BCUT2D eigenvalue weighted by Crippen LogP contribution is -2.03. The van der Waals surface area contributed by atoms with Gasteiger partial charge < -0.3 is 4.42 Å². The third-order valence-corrected chi connectivity index (χ3v) is 5.83. The molecule has 1 aromatic heterocycles. The summed E-state index contributed by atoms with van der Waals surface area (Å²) in [6, 6.07) is 21.5. The fourth-order valence-corrected chi connectivity index (χ4v) is 4.29. The zero-order chi connectivity index (χ0) is 19.1. The van der Waals surface area contributed by atoms with E-state index in [0.717, 1.165) is 28.3 Å². The smallest absolute Gasteiger partial charge is 0.196 e. The van der Waals surface area contributed by atoms with Crippen molar-refractivity contribution in [3.05, 3.63) is 102 Å². The van der Waals surface area contributed by atoms with Gasteiger partial charge in [0, 0.05) is 21.2 Å². The SMILES string of the molecule is O=C(c1ccc(C2=CC=CC(Br)C2)cc1)c1cccc2c1oc1ccccc12. The summed E-state index contributed by atoms with van der Waals surface area (Å²) in [7, 11) is 0. The second kappa shape index (κ2) is 6.92. The molecular weight excluding hydrogens is 412 g/mol. The summed E-state index contributed by atoms with van der Waals surface area (Å²) in [6.45, 7) is 0. The van der Waals surface area contributed by atoms with E-state index in [2.05, 4.69) is 34.2 Å². The number of halogens is 1. The van der Waals surface area contributed by atoms with E-state index < -0.39 is 0 Å². The average molecular weight is 429 g/mol. The average Bonchev–Trinajstić information content (AvgIpc) is 3.12. The Morgan fingerprint density at radius 1 is 0.929 bits per heavy atom. The van der Waals surface area contributed by atoms with Crippen molar-refractivity contribution < 1.29 is 9.21 Å². The maximum atomic E-state index is 13.2. The Balaban J connectivity index is 1.53. The van der Waals surface area contributed by atoms with Crippen LogP contribution in [-0.4, -0.2) is 10.6 Å². The molecule has 0 amide bonds. The molecule has 5 rings (SSSR count). The first-order valence-electron chi connectivity index (χ1n) is 9.27. The number of rotatable bonds is 3. The Bertz CT molecular complexity index is 1260. The van der Waals surface area contributed by atoms with Crippen molar-refractivity contribution in [3.63, 3.8) is 0 Å². The lowest BCUT2D eigenvalue weighted by atomic mass is 9.94. The topological polar surface area (TPSA) is 30.2 Å². The molecule has 28 heavy (non-hydrogen) atoms. The van der Waals surface area contributed by atoms with Gasteiger partial charge in [-0.15, -0.1) is 0 Å². The molecule has 0 bridgehead atoms. The Morgan fingerprint density at radius 3 is 2.54 bits per heavy atom. The summed E-state index contributed by atoms with van der Waals surface area (Å²) >= 11 is 3.64. The lowest BCUT2D eigenvalue weighted by molar-refractivity contribution is 0.103. The Kier molecular flexibility index (Phi) is 4.25. The first kappa shape index (κ1) is 17.2. The van der Waals surface area contributed by atoms with Crippen LogP contribution in [-0.2, 0) is 0 Å². The highest BCUT2D eigenvalue weighted by molar-refractivity contribution is 9.09. The molecule has 1 heterocycles. The van der Waals surface area contributed by atoms with Crippen LogP contribution >= 0.6 is 15.9 Å². The van der Waals surface area contributed by atoms with E-state index >= 15 is 0 Å². The Hall–Kier alpha value is -2.91. The second-order valence-corrected chi connectivity index (χ2v) is 8.16. The summed E-state index contributed by atoms with van der Waals surface area (Å²) in [5.41, 5.74) is 5.13. The molecule has 0 saturated carbocycles. The van der Waals surface area contributed by atoms with Gasteiger partial charge in [-0.25, -0.2) is 0 Å². The molecule has 3 heteroatoms. The van der Waals surface area contributed by atoms with Gasteiger partial charge in [-0.2, -0.15) is 0 Å². The van der Waals surface area contributed by atoms with E-state index in [4.69, 9.17) is 4.42 Å². The summed E-state index contributed by atoms with van der Waals surface area (Å²) < 4.78 is 6.01.